The van der Waals surface area contributed by atoms with Gasteiger partial charge in [-0.3, -0.25) is 19.2 Å². The summed E-state index contributed by atoms with van der Waals surface area (Å²) in [6, 6.07) is 1.18. The topological polar surface area (TPSA) is 78.7 Å². The third-order valence-electron chi connectivity index (χ3n) is 3.55. The van der Waals surface area contributed by atoms with Crippen molar-refractivity contribution >= 4 is 11.9 Å². The number of nitrogens with zero attached hydrogens (tertiary/aromatic N) is 4. The highest BCUT2D eigenvalue weighted by molar-refractivity contribution is 5.92. The van der Waals surface area contributed by atoms with Crippen LogP contribution in [0.15, 0.2) is 12.3 Å². The molecule has 1 unspecified atom stereocenters. The molecule has 0 bridgehead atoms. The molecule has 1 amide bonds. The van der Waals surface area contributed by atoms with E-state index in [0.29, 0.717) is 31.9 Å². The number of piperazine rings is 1. The number of rotatable bonds is 3. The first-order valence-electron chi connectivity index (χ1n) is 6.25. The van der Waals surface area contributed by atoms with E-state index >= 15 is 0 Å². The van der Waals surface area contributed by atoms with Crippen molar-refractivity contribution in [2.45, 2.75) is 13.0 Å². The van der Waals surface area contributed by atoms with Gasteiger partial charge >= 0.3 is 5.97 Å². The van der Waals surface area contributed by atoms with Crippen LogP contribution in [0, 0.1) is 0 Å². The third kappa shape index (κ3) is 2.76. The van der Waals surface area contributed by atoms with Gasteiger partial charge in [-0.1, -0.05) is 0 Å². The van der Waals surface area contributed by atoms with E-state index in [-0.39, 0.29) is 5.91 Å². The van der Waals surface area contributed by atoms with Gasteiger partial charge in [0.15, 0.2) is 0 Å². The number of carbonyl (C=O) groups is 2. The molecule has 2 rings (SSSR count). The van der Waals surface area contributed by atoms with Crippen LogP contribution >= 0.6 is 0 Å². The summed E-state index contributed by atoms with van der Waals surface area (Å²) >= 11 is 0. The molecule has 104 valence electrons. The molecule has 19 heavy (non-hydrogen) atoms. The van der Waals surface area contributed by atoms with Crippen molar-refractivity contribution in [3.8, 4) is 0 Å². The molecule has 1 N–H and O–H groups in total. The van der Waals surface area contributed by atoms with Crippen molar-refractivity contribution in [2.24, 2.45) is 7.05 Å². The first kappa shape index (κ1) is 13.5. The number of aromatic nitrogens is 2. The maximum Gasteiger partial charge on any atom is 0.320 e. The van der Waals surface area contributed by atoms with Crippen LogP contribution < -0.4 is 0 Å². The van der Waals surface area contributed by atoms with Crippen molar-refractivity contribution in [1.29, 1.82) is 0 Å². The summed E-state index contributed by atoms with van der Waals surface area (Å²) < 4.78 is 1.55. The van der Waals surface area contributed by atoms with Gasteiger partial charge in [-0.15, -0.1) is 0 Å². The lowest BCUT2D eigenvalue weighted by molar-refractivity contribution is -0.143. The van der Waals surface area contributed by atoms with Crippen LogP contribution in [0.1, 0.15) is 17.4 Å². The van der Waals surface area contributed by atoms with Crippen molar-refractivity contribution in [1.82, 2.24) is 19.6 Å². The summed E-state index contributed by atoms with van der Waals surface area (Å²) in [6.07, 6.45) is 1.59. The molecule has 0 aliphatic carbocycles. The Morgan fingerprint density at radius 2 is 1.95 bits per heavy atom. The van der Waals surface area contributed by atoms with Crippen LogP contribution in [0.4, 0.5) is 0 Å². The minimum Gasteiger partial charge on any atom is -0.480 e. The molecular weight excluding hydrogens is 248 g/mol. The average Bonchev–Trinajstić information content (AvgIpc) is 2.83. The molecule has 0 spiro atoms. The molecule has 1 aromatic rings. The number of hydrogen-bond acceptors (Lipinski definition) is 4. The van der Waals surface area contributed by atoms with Gasteiger partial charge in [0.1, 0.15) is 11.7 Å². The minimum absolute atomic E-state index is 0.0531. The summed E-state index contributed by atoms with van der Waals surface area (Å²) in [5.74, 6) is -0.881. The highest BCUT2D eigenvalue weighted by Crippen LogP contribution is 2.10. The average molecular weight is 266 g/mol. The summed E-state index contributed by atoms with van der Waals surface area (Å²) in [7, 11) is 1.73. The Hall–Kier alpha value is -1.89. The van der Waals surface area contributed by atoms with Gasteiger partial charge in [0, 0.05) is 39.4 Å². The van der Waals surface area contributed by atoms with Gasteiger partial charge in [0.2, 0.25) is 0 Å². The number of aryl methyl sites for hydroxylation is 1. The molecule has 1 fully saturated rings. The second-order valence-electron chi connectivity index (χ2n) is 4.68. The van der Waals surface area contributed by atoms with Crippen molar-refractivity contribution < 1.29 is 14.7 Å². The van der Waals surface area contributed by atoms with Crippen LogP contribution in [0.3, 0.4) is 0 Å². The van der Waals surface area contributed by atoms with Crippen molar-refractivity contribution in [3.63, 3.8) is 0 Å². The number of carbonyl (C=O) groups excluding carboxylic acids is 1. The van der Waals surface area contributed by atoms with E-state index in [4.69, 9.17) is 5.11 Å². The Morgan fingerprint density at radius 3 is 2.42 bits per heavy atom. The molecule has 7 nitrogen and oxygen atoms in total. The largest absolute Gasteiger partial charge is 0.480 e. The van der Waals surface area contributed by atoms with Gasteiger partial charge in [-0.2, -0.15) is 5.10 Å². The van der Waals surface area contributed by atoms with Gasteiger partial charge in [-0.25, -0.2) is 0 Å². The molecule has 1 aromatic heterocycles. The van der Waals surface area contributed by atoms with Crippen LogP contribution in [0.2, 0.25) is 0 Å². The van der Waals surface area contributed by atoms with Crippen LogP contribution in [-0.2, 0) is 11.8 Å². The van der Waals surface area contributed by atoms with E-state index in [0.717, 1.165) is 0 Å². The van der Waals surface area contributed by atoms with Crippen LogP contribution in [0.25, 0.3) is 0 Å². The molecule has 1 aliphatic rings. The normalized spacial score (nSPS) is 18.3. The molecule has 1 aliphatic heterocycles. The SMILES string of the molecule is CC(C(=O)O)N1CCN(C(=O)c2ccnn2C)CC1. The summed E-state index contributed by atoms with van der Waals surface area (Å²) in [5.41, 5.74) is 0.555. The highest BCUT2D eigenvalue weighted by Gasteiger charge is 2.28. The summed E-state index contributed by atoms with van der Waals surface area (Å²) in [4.78, 5) is 26.7. The maximum atomic E-state index is 12.2. The molecule has 0 aromatic carbocycles. The maximum absolute atomic E-state index is 12.2. The molecule has 1 atom stereocenters. The first-order chi connectivity index (χ1) is 9.00. The Bertz CT molecular complexity index is 477. The van der Waals surface area contributed by atoms with E-state index in [9.17, 15) is 9.59 Å². The summed E-state index contributed by atoms with van der Waals surface area (Å²) in [5, 5.41) is 12.9. The fraction of sp³-hybridized carbons (Fsp3) is 0.583. The fourth-order valence-electron chi connectivity index (χ4n) is 2.21. The molecule has 0 radical (unpaired) electrons. The number of carboxylic acids is 1. The molecule has 0 saturated carbocycles. The zero-order chi connectivity index (χ0) is 14.0. The Kier molecular flexibility index (Phi) is 3.84. The lowest BCUT2D eigenvalue weighted by Crippen LogP contribution is -2.53. The van der Waals surface area contributed by atoms with E-state index in [1.165, 1.54) is 0 Å². The predicted octanol–water partition coefficient (Wildman–Crippen LogP) is -0.349. The Balaban J connectivity index is 1.95. The number of aliphatic carboxylic acids is 1. The predicted molar refractivity (Wildman–Crippen MR) is 67.8 cm³/mol. The number of hydrogen-bond donors (Lipinski definition) is 1. The molecule has 7 heteroatoms. The van der Waals surface area contributed by atoms with Crippen molar-refractivity contribution in [3.05, 3.63) is 18.0 Å². The molecule has 2 heterocycles. The number of carboxylic acid groups (broad SMARTS) is 1. The Morgan fingerprint density at radius 1 is 1.32 bits per heavy atom. The van der Waals surface area contributed by atoms with Gasteiger partial charge < -0.3 is 10.0 Å². The van der Waals surface area contributed by atoms with E-state index in [1.54, 1.807) is 35.8 Å². The van der Waals surface area contributed by atoms with Crippen molar-refractivity contribution in [2.75, 3.05) is 26.2 Å². The highest BCUT2D eigenvalue weighted by atomic mass is 16.4. The second-order valence-corrected chi connectivity index (χ2v) is 4.68. The molecule has 1 saturated heterocycles. The first-order valence-corrected chi connectivity index (χ1v) is 6.25. The van der Waals surface area contributed by atoms with Gasteiger partial charge in [0.25, 0.3) is 5.91 Å². The second kappa shape index (κ2) is 5.40. The fourth-order valence-corrected chi connectivity index (χ4v) is 2.21. The van der Waals surface area contributed by atoms with Crippen LogP contribution in [-0.4, -0.2) is 68.8 Å². The zero-order valence-electron chi connectivity index (χ0n) is 11.1. The quantitative estimate of drug-likeness (QED) is 0.809. The standard InChI is InChI=1S/C12H18N4O3/c1-9(12(18)19)15-5-7-16(8-6-15)11(17)10-3-4-13-14(10)2/h3-4,9H,5-8H2,1-2H3,(H,18,19). The van der Waals surface area contributed by atoms with E-state index in [1.807, 2.05) is 4.90 Å². The van der Waals surface area contributed by atoms with Gasteiger partial charge in [0.05, 0.1) is 0 Å². The Labute approximate surface area is 111 Å². The van der Waals surface area contributed by atoms with Crippen LogP contribution in [0.5, 0.6) is 0 Å². The lowest BCUT2D eigenvalue weighted by Gasteiger charge is -2.36. The third-order valence-corrected chi connectivity index (χ3v) is 3.55. The van der Waals surface area contributed by atoms with Gasteiger partial charge in [-0.05, 0) is 13.0 Å². The van der Waals surface area contributed by atoms with E-state index in [2.05, 4.69) is 5.10 Å². The van der Waals surface area contributed by atoms with E-state index < -0.39 is 12.0 Å². The molecular formula is C12H18N4O3. The smallest absolute Gasteiger partial charge is 0.320 e. The minimum atomic E-state index is -0.827. The monoisotopic (exact) mass is 266 g/mol. The summed E-state index contributed by atoms with van der Waals surface area (Å²) in [6.45, 7) is 3.91. The number of amides is 1. The lowest BCUT2D eigenvalue weighted by atomic mass is 10.2. The zero-order valence-corrected chi connectivity index (χ0v) is 11.1.